The maximum atomic E-state index is 9.06. The van der Waals surface area contributed by atoms with Gasteiger partial charge in [0.05, 0.1) is 5.69 Å². The molecule has 0 saturated heterocycles. The van der Waals surface area contributed by atoms with E-state index in [2.05, 4.69) is 35.3 Å². The number of aromatic nitrogens is 1. The maximum Gasteiger partial charge on any atom is 0.144 e. The van der Waals surface area contributed by atoms with Gasteiger partial charge in [-0.2, -0.15) is 0 Å². The lowest BCUT2D eigenvalue weighted by Crippen LogP contribution is -1.97. The van der Waals surface area contributed by atoms with Crippen molar-refractivity contribution < 1.29 is 5.79 Å². The lowest BCUT2D eigenvalue weighted by molar-refractivity contribution is 0.673. The smallest absolute Gasteiger partial charge is 0.144 e. The quantitative estimate of drug-likeness (QED) is 0.301. The molecule has 1 unspecified atom stereocenters. The van der Waals surface area contributed by atoms with Crippen molar-refractivity contribution in [3.8, 4) is 11.3 Å². The van der Waals surface area contributed by atoms with Crippen molar-refractivity contribution in [2.24, 2.45) is 0 Å². The number of nitrogens with zero attached hydrogens (tertiary/aromatic N) is 1. The number of pyridine rings is 1. The second kappa shape index (κ2) is 7.10. The van der Waals surface area contributed by atoms with Gasteiger partial charge in [-0.1, -0.05) is 79.7 Å². The summed E-state index contributed by atoms with van der Waals surface area (Å²) in [7, 11) is 0. The Balaban J connectivity index is 1.56. The third-order valence-electron chi connectivity index (χ3n) is 6.06. The highest BCUT2D eigenvalue weighted by Crippen LogP contribution is 2.38. The Labute approximate surface area is 182 Å². The molecule has 0 radical (unpaired) electrons. The Morgan fingerprint density at radius 2 is 1.48 bits per heavy atom. The predicted octanol–water partition coefficient (Wildman–Crippen LogP) is 7.95. The van der Waals surface area contributed by atoms with Gasteiger partial charge in [-0.15, -0.1) is 0 Å². The number of furan rings is 1. The zero-order chi connectivity index (χ0) is 21.7. The summed E-state index contributed by atoms with van der Waals surface area (Å²) in [4.78, 5) is 4.66. The van der Waals surface area contributed by atoms with E-state index in [-0.39, 0.29) is 0 Å². The number of fused-ring (bicyclic) bond motifs is 5. The highest BCUT2D eigenvalue weighted by atomic mass is 16.3. The molecule has 1 atom stereocenters. The first-order valence-corrected chi connectivity index (χ1v) is 10.5. The van der Waals surface area contributed by atoms with Crippen molar-refractivity contribution in [1.29, 1.82) is 0 Å². The van der Waals surface area contributed by atoms with Gasteiger partial charge in [0.2, 0.25) is 0 Å². The number of rotatable bonds is 3. The molecule has 0 aliphatic carbocycles. The van der Waals surface area contributed by atoms with Gasteiger partial charge in [0.15, 0.2) is 0 Å². The first kappa shape index (κ1) is 16.8. The van der Waals surface area contributed by atoms with Gasteiger partial charge < -0.3 is 4.42 Å². The second-order valence-corrected chi connectivity index (χ2v) is 7.87. The van der Waals surface area contributed by atoms with Crippen molar-refractivity contribution in [3.63, 3.8) is 0 Å². The van der Waals surface area contributed by atoms with Gasteiger partial charge in [0.1, 0.15) is 11.2 Å². The summed E-state index contributed by atoms with van der Waals surface area (Å²) in [5, 5.41) is 4.45. The molecule has 0 fully saturated rings. The Morgan fingerprint density at radius 3 is 2.39 bits per heavy atom. The van der Waals surface area contributed by atoms with Gasteiger partial charge >= 0.3 is 0 Å². The van der Waals surface area contributed by atoms with E-state index in [0.29, 0.717) is 0 Å². The van der Waals surface area contributed by atoms with E-state index < -0.39 is 5.89 Å². The third-order valence-corrected chi connectivity index (χ3v) is 6.06. The van der Waals surface area contributed by atoms with Crippen LogP contribution in [0.15, 0.2) is 108 Å². The van der Waals surface area contributed by atoms with Gasteiger partial charge in [-0.3, -0.25) is 4.98 Å². The molecule has 2 nitrogen and oxygen atoms in total. The lowest BCUT2D eigenvalue weighted by Gasteiger charge is -2.13. The molecule has 6 aromatic rings. The molecule has 2 aromatic heterocycles. The highest BCUT2D eigenvalue weighted by Gasteiger charge is 2.16. The first-order valence-electron chi connectivity index (χ1n) is 11.0. The predicted molar refractivity (Wildman–Crippen MR) is 128 cm³/mol. The highest BCUT2D eigenvalue weighted by molar-refractivity contribution is 6.17. The minimum atomic E-state index is -0.878. The van der Waals surface area contributed by atoms with E-state index >= 15 is 0 Å². The van der Waals surface area contributed by atoms with E-state index in [1.807, 2.05) is 73.7 Å². The van der Waals surface area contributed by atoms with E-state index in [9.17, 15) is 0 Å². The fraction of sp³-hybridized carbons (Fsp3) is 0.0690. The van der Waals surface area contributed by atoms with Crippen LogP contribution in [0, 0.1) is 0 Å². The summed E-state index contributed by atoms with van der Waals surface area (Å²) in [6.07, 6.45) is 1.79. The summed E-state index contributed by atoms with van der Waals surface area (Å²) in [6, 6.07) is 32.6. The number of hydrogen-bond donors (Lipinski definition) is 0. The minimum Gasteiger partial charge on any atom is -0.455 e. The van der Waals surface area contributed by atoms with Crippen LogP contribution in [0.5, 0.6) is 0 Å². The number of para-hydroxylation sites is 1. The molecule has 2 heterocycles. The monoisotopic (exact) mass is 400 g/mol. The molecule has 2 heteroatoms. The molecule has 0 N–H and O–H groups in total. The molecule has 148 valence electrons. The zero-order valence-corrected chi connectivity index (χ0v) is 17.2. The van der Waals surface area contributed by atoms with Gasteiger partial charge in [-0.05, 0) is 40.8 Å². The van der Waals surface area contributed by atoms with Crippen LogP contribution in [0.2, 0.25) is 0 Å². The summed E-state index contributed by atoms with van der Waals surface area (Å²) >= 11 is 0. The fourth-order valence-electron chi connectivity index (χ4n) is 4.39. The summed E-state index contributed by atoms with van der Waals surface area (Å²) in [6.45, 7) is 1.93. The fourth-order valence-corrected chi connectivity index (χ4v) is 4.39. The first-order chi connectivity index (χ1) is 15.6. The molecule has 0 amide bonds. The minimum absolute atomic E-state index is 0.811. The molecule has 4 aromatic carbocycles. The van der Waals surface area contributed by atoms with Crippen LogP contribution in [0.25, 0.3) is 44.0 Å². The average molecular weight is 400 g/mol. The van der Waals surface area contributed by atoms with Crippen LogP contribution in [0.4, 0.5) is 0 Å². The molecule has 0 spiro atoms. The second-order valence-electron chi connectivity index (χ2n) is 7.87. The van der Waals surface area contributed by atoms with Crippen molar-refractivity contribution in [3.05, 3.63) is 114 Å². The third kappa shape index (κ3) is 2.91. The van der Waals surface area contributed by atoms with E-state index in [0.717, 1.165) is 55.1 Å². The Hall–Kier alpha value is -3.91. The van der Waals surface area contributed by atoms with Gasteiger partial charge in [0.25, 0.3) is 0 Å². The summed E-state index contributed by atoms with van der Waals surface area (Å²) in [5.74, 6) is -0.878. The average Bonchev–Trinajstić information content (AvgIpc) is 3.24. The van der Waals surface area contributed by atoms with E-state index in [1.54, 1.807) is 6.20 Å². The molecule has 6 rings (SSSR count). The van der Waals surface area contributed by atoms with Crippen LogP contribution in [-0.4, -0.2) is 4.98 Å². The van der Waals surface area contributed by atoms with E-state index in [1.165, 1.54) is 0 Å². The van der Waals surface area contributed by atoms with Crippen molar-refractivity contribution in [2.75, 3.05) is 0 Å². The molecular formula is C29H21NO. The molecule has 0 bridgehead atoms. The molecule has 0 aliphatic rings. The topological polar surface area (TPSA) is 26.0 Å². The Morgan fingerprint density at radius 1 is 0.710 bits per heavy atom. The molecule has 31 heavy (non-hydrogen) atoms. The number of hydrogen-bond acceptors (Lipinski definition) is 2. The lowest BCUT2D eigenvalue weighted by atomic mass is 9.92. The Kier molecular flexibility index (Phi) is 3.86. The molecular weight excluding hydrogens is 378 g/mol. The SMILES string of the molecule is [2H]C(C)(c1ccccc1)c1ccnc(-c2cccc3c2oc2c4ccccc4ccc32)c1. The standard InChI is InChI=1S/C29H21NO/c1-19(20-8-3-2-4-9-20)22-16-17-30-27(18-22)26-13-7-12-24-25-15-14-21-10-5-6-11-23(21)28(25)31-29(24)26/h2-19H,1H3/i19D. The van der Waals surface area contributed by atoms with Crippen molar-refractivity contribution in [1.82, 2.24) is 4.98 Å². The van der Waals surface area contributed by atoms with Crippen LogP contribution >= 0.6 is 0 Å². The van der Waals surface area contributed by atoms with Crippen LogP contribution < -0.4 is 0 Å². The Bertz CT molecular complexity index is 1600. The summed E-state index contributed by atoms with van der Waals surface area (Å²) in [5.41, 5.74) is 5.32. The van der Waals surface area contributed by atoms with Crippen LogP contribution in [0.3, 0.4) is 0 Å². The van der Waals surface area contributed by atoms with Gasteiger partial charge in [-0.25, -0.2) is 0 Å². The van der Waals surface area contributed by atoms with E-state index in [4.69, 9.17) is 5.79 Å². The van der Waals surface area contributed by atoms with Crippen molar-refractivity contribution >= 4 is 32.7 Å². The van der Waals surface area contributed by atoms with Gasteiger partial charge in [0, 0.05) is 35.2 Å². The largest absolute Gasteiger partial charge is 0.455 e. The summed E-state index contributed by atoms with van der Waals surface area (Å²) < 4.78 is 15.5. The maximum absolute atomic E-state index is 9.06. The number of benzene rings is 4. The molecule has 0 saturated carbocycles. The normalized spacial score (nSPS) is 14.0. The van der Waals surface area contributed by atoms with Crippen LogP contribution in [0.1, 0.15) is 25.3 Å². The van der Waals surface area contributed by atoms with Crippen molar-refractivity contribution in [2.45, 2.75) is 12.8 Å². The molecule has 0 aliphatic heterocycles. The van der Waals surface area contributed by atoms with Crippen LogP contribution in [-0.2, 0) is 0 Å². The zero-order valence-electron chi connectivity index (χ0n) is 18.2.